The molecule has 114 valence electrons. The highest BCUT2D eigenvalue weighted by Gasteiger charge is 2.09. The van der Waals surface area contributed by atoms with E-state index in [9.17, 15) is 4.39 Å². The van der Waals surface area contributed by atoms with Crippen molar-refractivity contribution in [1.82, 2.24) is 10.2 Å². The quantitative estimate of drug-likeness (QED) is 0.817. The van der Waals surface area contributed by atoms with Crippen LogP contribution in [0, 0.1) is 5.82 Å². The molecular weight excluding hydrogens is 307 g/mol. The van der Waals surface area contributed by atoms with Crippen LogP contribution in [0.3, 0.4) is 0 Å². The van der Waals surface area contributed by atoms with Gasteiger partial charge in [0.05, 0.1) is 4.34 Å². The van der Waals surface area contributed by atoms with Crippen molar-refractivity contribution in [2.75, 3.05) is 13.6 Å². The van der Waals surface area contributed by atoms with Crippen molar-refractivity contribution in [3.63, 3.8) is 0 Å². The zero-order valence-electron chi connectivity index (χ0n) is 12.3. The van der Waals surface area contributed by atoms with Gasteiger partial charge in [-0.15, -0.1) is 11.3 Å². The van der Waals surface area contributed by atoms with Crippen molar-refractivity contribution < 1.29 is 4.39 Å². The maximum absolute atomic E-state index is 13.9. The highest BCUT2D eigenvalue weighted by Crippen LogP contribution is 2.23. The Morgan fingerprint density at radius 2 is 2.05 bits per heavy atom. The van der Waals surface area contributed by atoms with Crippen LogP contribution in [0.2, 0.25) is 4.34 Å². The van der Waals surface area contributed by atoms with E-state index in [1.165, 1.54) is 4.88 Å². The van der Waals surface area contributed by atoms with Crippen LogP contribution in [0.5, 0.6) is 0 Å². The first-order valence-electron chi connectivity index (χ1n) is 6.99. The number of thiophene rings is 1. The van der Waals surface area contributed by atoms with Crippen LogP contribution in [-0.4, -0.2) is 18.5 Å². The summed E-state index contributed by atoms with van der Waals surface area (Å²) in [6.07, 6.45) is 0. The summed E-state index contributed by atoms with van der Waals surface area (Å²) in [6.45, 7) is 5.10. The van der Waals surface area contributed by atoms with E-state index in [1.54, 1.807) is 17.4 Å². The van der Waals surface area contributed by atoms with E-state index >= 15 is 0 Å². The molecule has 0 unspecified atom stereocenters. The van der Waals surface area contributed by atoms with Crippen molar-refractivity contribution in [3.05, 3.63) is 56.5 Å². The van der Waals surface area contributed by atoms with E-state index in [1.807, 2.05) is 31.3 Å². The topological polar surface area (TPSA) is 15.3 Å². The Morgan fingerprint density at radius 1 is 1.24 bits per heavy atom. The minimum Gasteiger partial charge on any atom is -0.313 e. The van der Waals surface area contributed by atoms with Crippen LogP contribution in [0.4, 0.5) is 4.39 Å². The fourth-order valence-corrected chi connectivity index (χ4v) is 3.35. The summed E-state index contributed by atoms with van der Waals surface area (Å²) in [7, 11) is 1.99. The number of nitrogens with one attached hydrogen (secondary N) is 1. The van der Waals surface area contributed by atoms with Crippen molar-refractivity contribution >= 4 is 22.9 Å². The average molecular weight is 327 g/mol. The first-order chi connectivity index (χ1) is 10.1. The van der Waals surface area contributed by atoms with E-state index in [0.717, 1.165) is 35.1 Å². The number of halogens is 2. The molecule has 1 aromatic heterocycles. The SMILES string of the molecule is CCNCc1ccc(F)c(CN(C)Cc2ccc(Cl)s2)c1. The number of benzene rings is 1. The molecule has 1 N–H and O–H groups in total. The molecule has 0 radical (unpaired) electrons. The van der Waals surface area contributed by atoms with Gasteiger partial charge in [0.1, 0.15) is 5.82 Å². The van der Waals surface area contributed by atoms with Crippen LogP contribution in [0.15, 0.2) is 30.3 Å². The minimum atomic E-state index is -0.147. The molecule has 0 bridgehead atoms. The maximum atomic E-state index is 13.9. The van der Waals surface area contributed by atoms with Crippen molar-refractivity contribution in [1.29, 1.82) is 0 Å². The van der Waals surface area contributed by atoms with E-state index in [-0.39, 0.29) is 5.82 Å². The fourth-order valence-electron chi connectivity index (χ4n) is 2.18. The molecule has 1 heterocycles. The van der Waals surface area contributed by atoms with Gasteiger partial charge in [0.2, 0.25) is 0 Å². The largest absolute Gasteiger partial charge is 0.313 e. The highest BCUT2D eigenvalue weighted by atomic mass is 35.5. The van der Waals surface area contributed by atoms with Crippen molar-refractivity contribution in [2.45, 2.75) is 26.6 Å². The van der Waals surface area contributed by atoms with Crippen LogP contribution >= 0.6 is 22.9 Å². The molecular formula is C16H20ClFN2S. The molecule has 0 saturated carbocycles. The zero-order chi connectivity index (χ0) is 15.2. The molecule has 0 aliphatic rings. The minimum absolute atomic E-state index is 0.147. The molecule has 0 atom stereocenters. The fraction of sp³-hybridized carbons (Fsp3) is 0.375. The Morgan fingerprint density at radius 3 is 2.71 bits per heavy atom. The summed E-state index contributed by atoms with van der Waals surface area (Å²) in [6, 6.07) is 9.24. The molecule has 2 rings (SSSR count). The van der Waals surface area contributed by atoms with Crippen molar-refractivity contribution in [3.8, 4) is 0 Å². The lowest BCUT2D eigenvalue weighted by Crippen LogP contribution is -2.18. The van der Waals surface area contributed by atoms with Crippen molar-refractivity contribution in [2.24, 2.45) is 0 Å². The third-order valence-electron chi connectivity index (χ3n) is 3.18. The van der Waals surface area contributed by atoms with Gasteiger partial charge in [-0.1, -0.05) is 30.7 Å². The lowest BCUT2D eigenvalue weighted by atomic mass is 10.1. The molecule has 0 aliphatic carbocycles. The Kier molecular flexibility index (Phi) is 6.18. The lowest BCUT2D eigenvalue weighted by molar-refractivity contribution is 0.316. The Labute approximate surface area is 134 Å². The standard InChI is InChI=1S/C16H20ClFN2S/c1-3-19-9-12-4-6-15(18)13(8-12)10-20(2)11-14-5-7-16(17)21-14/h4-8,19H,3,9-11H2,1-2H3. The third-order valence-corrected chi connectivity index (χ3v) is 4.40. The predicted octanol–water partition coefficient (Wildman–Crippen LogP) is 4.28. The number of rotatable bonds is 7. The third kappa shape index (κ3) is 5.08. The van der Waals surface area contributed by atoms with E-state index in [0.29, 0.717) is 6.54 Å². The molecule has 0 spiro atoms. The number of nitrogens with zero attached hydrogens (tertiary/aromatic N) is 1. The van der Waals surface area contributed by atoms with E-state index < -0.39 is 0 Å². The average Bonchev–Trinajstić information content (AvgIpc) is 2.84. The summed E-state index contributed by atoms with van der Waals surface area (Å²) in [5.74, 6) is -0.147. The number of hydrogen-bond acceptors (Lipinski definition) is 3. The van der Waals surface area contributed by atoms with Gasteiger partial charge in [-0.2, -0.15) is 0 Å². The molecule has 0 saturated heterocycles. The van der Waals surface area contributed by atoms with Crippen LogP contribution in [0.25, 0.3) is 0 Å². The lowest BCUT2D eigenvalue weighted by Gasteiger charge is -2.17. The van der Waals surface area contributed by atoms with Gasteiger partial charge in [0.15, 0.2) is 0 Å². The Bertz CT molecular complexity index is 585. The zero-order valence-corrected chi connectivity index (χ0v) is 13.9. The van der Waals surface area contributed by atoms with Gasteiger partial charge in [-0.3, -0.25) is 4.90 Å². The van der Waals surface area contributed by atoms with E-state index in [2.05, 4.69) is 17.1 Å². The van der Waals surface area contributed by atoms with Gasteiger partial charge >= 0.3 is 0 Å². The van der Waals surface area contributed by atoms with Gasteiger partial charge in [-0.05, 0) is 37.4 Å². The summed E-state index contributed by atoms with van der Waals surface area (Å²) in [5.41, 5.74) is 1.84. The van der Waals surface area contributed by atoms with Crippen LogP contribution < -0.4 is 5.32 Å². The summed E-state index contributed by atoms with van der Waals surface area (Å²) in [4.78, 5) is 3.28. The first-order valence-corrected chi connectivity index (χ1v) is 8.18. The highest BCUT2D eigenvalue weighted by molar-refractivity contribution is 7.16. The van der Waals surface area contributed by atoms with Gasteiger partial charge in [0.25, 0.3) is 0 Å². The molecule has 1 aromatic carbocycles. The van der Waals surface area contributed by atoms with E-state index in [4.69, 9.17) is 11.6 Å². The maximum Gasteiger partial charge on any atom is 0.127 e. The van der Waals surface area contributed by atoms with Crippen LogP contribution in [0.1, 0.15) is 22.9 Å². The summed E-state index contributed by atoms with van der Waals surface area (Å²) >= 11 is 7.50. The molecule has 2 aromatic rings. The van der Waals surface area contributed by atoms with Crippen LogP contribution in [-0.2, 0) is 19.6 Å². The molecule has 0 fully saturated rings. The molecule has 5 heteroatoms. The second-order valence-electron chi connectivity index (χ2n) is 5.08. The molecule has 21 heavy (non-hydrogen) atoms. The number of hydrogen-bond donors (Lipinski definition) is 1. The summed E-state index contributed by atoms with van der Waals surface area (Å²) in [5, 5.41) is 3.26. The second kappa shape index (κ2) is 7.90. The van der Waals surface area contributed by atoms with Gasteiger partial charge in [0, 0.05) is 30.1 Å². The first kappa shape index (κ1) is 16.4. The second-order valence-corrected chi connectivity index (χ2v) is 6.88. The smallest absolute Gasteiger partial charge is 0.127 e. The Balaban J connectivity index is 2.00. The molecule has 2 nitrogen and oxygen atoms in total. The Hall–Kier alpha value is -0.940. The van der Waals surface area contributed by atoms with Gasteiger partial charge < -0.3 is 5.32 Å². The monoisotopic (exact) mass is 326 g/mol. The predicted molar refractivity (Wildman–Crippen MR) is 88.3 cm³/mol. The molecule has 0 aliphatic heterocycles. The normalized spacial score (nSPS) is 11.3. The molecule has 0 amide bonds. The van der Waals surface area contributed by atoms with Gasteiger partial charge in [-0.25, -0.2) is 4.39 Å². The summed E-state index contributed by atoms with van der Waals surface area (Å²) < 4.78 is 14.7.